The summed E-state index contributed by atoms with van der Waals surface area (Å²) in [6.45, 7) is 4.03. The van der Waals surface area contributed by atoms with Gasteiger partial charge in [0.15, 0.2) is 0 Å². The van der Waals surface area contributed by atoms with Gasteiger partial charge in [0.2, 0.25) is 5.91 Å². The first kappa shape index (κ1) is 12.6. The molecule has 0 fully saturated rings. The van der Waals surface area contributed by atoms with E-state index in [9.17, 15) is 4.79 Å². The number of hydrogen-bond acceptors (Lipinski definition) is 3. The third kappa shape index (κ3) is 5.46. The Morgan fingerprint density at radius 3 is 3.00 bits per heavy atom. The molecule has 1 aromatic heterocycles. The minimum Gasteiger partial charge on any atom is -0.355 e. The molecular formula is C12H19N3O. The summed E-state index contributed by atoms with van der Waals surface area (Å²) in [6.07, 6.45) is 5.44. The van der Waals surface area contributed by atoms with Crippen LogP contribution in [0.3, 0.4) is 0 Å². The monoisotopic (exact) mass is 221 g/mol. The Morgan fingerprint density at radius 2 is 2.31 bits per heavy atom. The van der Waals surface area contributed by atoms with Crippen molar-refractivity contribution in [2.75, 3.05) is 19.6 Å². The van der Waals surface area contributed by atoms with Crippen molar-refractivity contribution >= 4 is 5.91 Å². The van der Waals surface area contributed by atoms with Gasteiger partial charge in [0.1, 0.15) is 0 Å². The van der Waals surface area contributed by atoms with Crippen molar-refractivity contribution in [3.8, 4) is 0 Å². The molecule has 2 N–H and O–H groups in total. The molecule has 1 rings (SSSR count). The number of carbonyl (C=O) groups is 1. The minimum absolute atomic E-state index is 0.0531. The summed E-state index contributed by atoms with van der Waals surface area (Å²) in [5.74, 6) is 0.0531. The molecule has 0 aliphatic carbocycles. The first-order chi connectivity index (χ1) is 7.83. The Kier molecular flexibility index (Phi) is 6.18. The fourth-order valence-electron chi connectivity index (χ4n) is 1.33. The molecule has 1 amide bonds. The zero-order valence-electron chi connectivity index (χ0n) is 9.70. The normalized spacial score (nSPS) is 10.1. The Bertz CT molecular complexity index is 300. The van der Waals surface area contributed by atoms with Crippen molar-refractivity contribution in [1.29, 1.82) is 0 Å². The average molecular weight is 221 g/mol. The highest BCUT2D eigenvalue weighted by atomic mass is 16.1. The predicted molar refractivity (Wildman–Crippen MR) is 64.1 cm³/mol. The highest BCUT2D eigenvalue weighted by Gasteiger charge is 1.99. The van der Waals surface area contributed by atoms with E-state index in [1.54, 1.807) is 6.20 Å². The lowest BCUT2D eigenvalue weighted by molar-refractivity contribution is -0.120. The molecule has 4 nitrogen and oxygen atoms in total. The molecule has 0 aliphatic rings. The van der Waals surface area contributed by atoms with Crippen LogP contribution in [-0.2, 0) is 11.2 Å². The van der Waals surface area contributed by atoms with E-state index in [-0.39, 0.29) is 5.91 Å². The molecule has 1 heterocycles. The van der Waals surface area contributed by atoms with Crippen molar-refractivity contribution in [3.05, 3.63) is 30.1 Å². The molecule has 88 valence electrons. The Labute approximate surface area is 96.5 Å². The van der Waals surface area contributed by atoms with E-state index in [1.807, 2.05) is 18.3 Å². The number of nitrogens with zero attached hydrogens (tertiary/aromatic N) is 1. The van der Waals surface area contributed by atoms with Crippen LogP contribution in [0.1, 0.15) is 18.9 Å². The molecule has 0 unspecified atom stereocenters. The van der Waals surface area contributed by atoms with Gasteiger partial charge < -0.3 is 10.6 Å². The van der Waals surface area contributed by atoms with Crippen molar-refractivity contribution < 1.29 is 4.79 Å². The molecule has 0 atom stereocenters. The average Bonchev–Trinajstić information content (AvgIpc) is 2.31. The van der Waals surface area contributed by atoms with Gasteiger partial charge >= 0.3 is 0 Å². The third-order valence-electron chi connectivity index (χ3n) is 2.17. The SMILES string of the molecule is CCCNCC(=O)NCCc1cccnc1. The molecule has 0 aliphatic heterocycles. The standard InChI is InChI=1S/C12H19N3O/c1-2-6-13-10-12(16)15-8-5-11-4-3-7-14-9-11/h3-4,7,9,13H,2,5-6,8,10H2,1H3,(H,15,16). The van der Waals surface area contributed by atoms with E-state index >= 15 is 0 Å². The lowest BCUT2D eigenvalue weighted by Gasteiger charge is -2.05. The van der Waals surface area contributed by atoms with E-state index in [4.69, 9.17) is 0 Å². The van der Waals surface area contributed by atoms with Crippen molar-refractivity contribution in [3.63, 3.8) is 0 Å². The number of carbonyl (C=O) groups excluding carboxylic acids is 1. The first-order valence-corrected chi connectivity index (χ1v) is 5.69. The number of hydrogen-bond donors (Lipinski definition) is 2. The second-order valence-corrected chi connectivity index (χ2v) is 3.64. The molecule has 0 radical (unpaired) electrons. The molecule has 0 bridgehead atoms. The number of nitrogens with one attached hydrogen (secondary N) is 2. The van der Waals surface area contributed by atoms with Gasteiger partial charge in [-0.25, -0.2) is 0 Å². The fourth-order valence-corrected chi connectivity index (χ4v) is 1.33. The molecule has 0 saturated carbocycles. The lowest BCUT2D eigenvalue weighted by Crippen LogP contribution is -2.35. The van der Waals surface area contributed by atoms with Gasteiger partial charge in [-0.3, -0.25) is 9.78 Å². The van der Waals surface area contributed by atoms with Gasteiger partial charge in [0.05, 0.1) is 6.54 Å². The Morgan fingerprint density at radius 1 is 1.44 bits per heavy atom. The van der Waals surface area contributed by atoms with Crippen LogP contribution in [0.2, 0.25) is 0 Å². The number of aromatic nitrogens is 1. The van der Waals surface area contributed by atoms with Gasteiger partial charge in [-0.1, -0.05) is 13.0 Å². The summed E-state index contributed by atoms with van der Waals surface area (Å²) in [5, 5.41) is 5.92. The second-order valence-electron chi connectivity index (χ2n) is 3.64. The van der Waals surface area contributed by atoms with Crippen LogP contribution in [0, 0.1) is 0 Å². The summed E-state index contributed by atoms with van der Waals surface area (Å²) < 4.78 is 0. The van der Waals surface area contributed by atoms with Gasteiger partial charge in [0.25, 0.3) is 0 Å². The van der Waals surface area contributed by atoms with Crippen LogP contribution in [0.25, 0.3) is 0 Å². The van der Waals surface area contributed by atoms with E-state index in [2.05, 4.69) is 22.5 Å². The number of amides is 1. The molecule has 4 heteroatoms. The van der Waals surface area contributed by atoms with Gasteiger partial charge in [-0.15, -0.1) is 0 Å². The fraction of sp³-hybridized carbons (Fsp3) is 0.500. The quantitative estimate of drug-likeness (QED) is 0.668. The van der Waals surface area contributed by atoms with Crippen LogP contribution in [-0.4, -0.2) is 30.5 Å². The number of rotatable bonds is 7. The lowest BCUT2D eigenvalue weighted by atomic mass is 10.2. The molecular weight excluding hydrogens is 202 g/mol. The third-order valence-corrected chi connectivity index (χ3v) is 2.17. The van der Waals surface area contributed by atoms with E-state index < -0.39 is 0 Å². The van der Waals surface area contributed by atoms with Crippen LogP contribution in [0.5, 0.6) is 0 Å². The summed E-state index contributed by atoms with van der Waals surface area (Å²) in [5.41, 5.74) is 1.14. The van der Waals surface area contributed by atoms with Gasteiger partial charge in [-0.2, -0.15) is 0 Å². The van der Waals surface area contributed by atoms with Crippen LogP contribution in [0.4, 0.5) is 0 Å². The first-order valence-electron chi connectivity index (χ1n) is 5.69. The minimum atomic E-state index is 0.0531. The Balaban J connectivity index is 2.09. The van der Waals surface area contributed by atoms with Gasteiger partial charge in [0, 0.05) is 18.9 Å². The van der Waals surface area contributed by atoms with Crippen molar-refractivity contribution in [1.82, 2.24) is 15.6 Å². The largest absolute Gasteiger partial charge is 0.355 e. The number of pyridine rings is 1. The molecule has 0 aromatic carbocycles. The maximum Gasteiger partial charge on any atom is 0.233 e. The summed E-state index contributed by atoms with van der Waals surface area (Å²) >= 11 is 0. The maximum atomic E-state index is 11.3. The second kappa shape index (κ2) is 7.82. The van der Waals surface area contributed by atoms with Gasteiger partial charge in [-0.05, 0) is 31.0 Å². The van der Waals surface area contributed by atoms with Crippen LogP contribution >= 0.6 is 0 Å². The van der Waals surface area contributed by atoms with Crippen LogP contribution in [0.15, 0.2) is 24.5 Å². The predicted octanol–water partition coefficient (Wildman–Crippen LogP) is 0.740. The Hall–Kier alpha value is -1.42. The van der Waals surface area contributed by atoms with Crippen LogP contribution < -0.4 is 10.6 Å². The highest BCUT2D eigenvalue weighted by molar-refractivity contribution is 5.77. The highest BCUT2D eigenvalue weighted by Crippen LogP contribution is 1.94. The molecule has 16 heavy (non-hydrogen) atoms. The molecule has 0 saturated heterocycles. The van der Waals surface area contributed by atoms with E-state index in [0.29, 0.717) is 13.1 Å². The van der Waals surface area contributed by atoms with E-state index in [1.165, 1.54) is 0 Å². The maximum absolute atomic E-state index is 11.3. The summed E-state index contributed by atoms with van der Waals surface area (Å²) in [6, 6.07) is 3.91. The zero-order valence-corrected chi connectivity index (χ0v) is 9.70. The van der Waals surface area contributed by atoms with Crippen molar-refractivity contribution in [2.24, 2.45) is 0 Å². The summed E-state index contributed by atoms with van der Waals surface area (Å²) in [4.78, 5) is 15.3. The molecule has 1 aromatic rings. The zero-order chi connectivity index (χ0) is 11.6. The smallest absolute Gasteiger partial charge is 0.233 e. The van der Waals surface area contributed by atoms with E-state index in [0.717, 1.165) is 24.9 Å². The topological polar surface area (TPSA) is 54.0 Å². The van der Waals surface area contributed by atoms with Crippen molar-refractivity contribution in [2.45, 2.75) is 19.8 Å². The summed E-state index contributed by atoms with van der Waals surface area (Å²) in [7, 11) is 0. The molecule has 0 spiro atoms.